The molecule has 1 aliphatic carbocycles. The summed E-state index contributed by atoms with van der Waals surface area (Å²) in [6, 6.07) is 14.1. The molecule has 2 aromatic carbocycles. The van der Waals surface area contributed by atoms with Crippen LogP contribution >= 0.6 is 0 Å². The summed E-state index contributed by atoms with van der Waals surface area (Å²) >= 11 is 0. The number of ketones is 1. The molecule has 0 aromatic heterocycles. The Bertz CT molecular complexity index is 880. The molecule has 25 heavy (non-hydrogen) atoms. The molecule has 0 unspecified atom stereocenters. The van der Waals surface area contributed by atoms with E-state index < -0.39 is 15.6 Å². The highest BCUT2D eigenvalue weighted by Crippen LogP contribution is 2.32. The largest absolute Gasteiger partial charge is 0.376 e. The SMILES string of the molecule is COC1(CNS(=O)(=O)c2cccc(C(C)=O)c2)Cc2ccccc2C1. The van der Waals surface area contributed by atoms with E-state index in [9.17, 15) is 13.2 Å². The molecule has 5 nitrogen and oxygen atoms in total. The molecule has 3 rings (SSSR count). The predicted octanol–water partition coefficient (Wildman–Crippen LogP) is 2.35. The monoisotopic (exact) mass is 359 g/mol. The summed E-state index contributed by atoms with van der Waals surface area (Å²) in [5.41, 5.74) is 2.15. The van der Waals surface area contributed by atoms with Crippen molar-refractivity contribution in [2.45, 2.75) is 30.3 Å². The first kappa shape index (κ1) is 17.8. The van der Waals surface area contributed by atoms with Crippen molar-refractivity contribution in [2.24, 2.45) is 0 Å². The van der Waals surface area contributed by atoms with Crippen molar-refractivity contribution < 1.29 is 17.9 Å². The topological polar surface area (TPSA) is 72.5 Å². The van der Waals surface area contributed by atoms with Crippen LogP contribution in [0.5, 0.6) is 0 Å². The summed E-state index contributed by atoms with van der Waals surface area (Å²) in [5, 5.41) is 0. The van der Waals surface area contributed by atoms with Crippen molar-refractivity contribution in [3.8, 4) is 0 Å². The van der Waals surface area contributed by atoms with Gasteiger partial charge in [0, 0.05) is 32.1 Å². The Labute approximate surface area is 148 Å². The van der Waals surface area contributed by atoms with Gasteiger partial charge >= 0.3 is 0 Å². The molecule has 1 aliphatic rings. The van der Waals surface area contributed by atoms with Gasteiger partial charge in [-0.3, -0.25) is 4.79 Å². The van der Waals surface area contributed by atoms with Crippen molar-refractivity contribution in [3.05, 3.63) is 65.2 Å². The van der Waals surface area contributed by atoms with Gasteiger partial charge < -0.3 is 4.74 Å². The van der Waals surface area contributed by atoms with Gasteiger partial charge in [-0.2, -0.15) is 0 Å². The summed E-state index contributed by atoms with van der Waals surface area (Å²) in [5.74, 6) is -0.170. The lowest BCUT2D eigenvalue weighted by Gasteiger charge is -2.27. The van der Waals surface area contributed by atoms with Crippen LogP contribution in [0.4, 0.5) is 0 Å². The van der Waals surface area contributed by atoms with Crippen LogP contribution in [0.1, 0.15) is 28.4 Å². The van der Waals surface area contributed by atoms with Crippen molar-refractivity contribution in [3.63, 3.8) is 0 Å². The number of hydrogen-bond donors (Lipinski definition) is 1. The number of Topliss-reactive ketones (excluding diaryl/α,β-unsaturated/α-hetero) is 1. The molecule has 0 saturated carbocycles. The lowest BCUT2D eigenvalue weighted by Crippen LogP contribution is -2.45. The molecule has 0 heterocycles. The Morgan fingerprint density at radius 2 is 1.76 bits per heavy atom. The van der Waals surface area contributed by atoms with Gasteiger partial charge in [0.1, 0.15) is 0 Å². The number of carbonyl (C=O) groups excluding carboxylic acids is 1. The lowest BCUT2D eigenvalue weighted by molar-refractivity contribution is 0.00378. The molecule has 6 heteroatoms. The number of sulfonamides is 1. The van der Waals surface area contributed by atoms with Crippen LogP contribution < -0.4 is 4.72 Å². The van der Waals surface area contributed by atoms with E-state index in [1.807, 2.05) is 24.3 Å². The highest BCUT2D eigenvalue weighted by atomic mass is 32.2. The lowest BCUT2D eigenvalue weighted by atomic mass is 10.0. The average molecular weight is 359 g/mol. The molecule has 0 fully saturated rings. The molecule has 1 N–H and O–H groups in total. The van der Waals surface area contributed by atoms with Crippen molar-refractivity contribution in [1.82, 2.24) is 4.72 Å². The molecular weight excluding hydrogens is 338 g/mol. The fourth-order valence-electron chi connectivity index (χ4n) is 3.19. The maximum absolute atomic E-state index is 12.6. The van der Waals surface area contributed by atoms with E-state index in [0.717, 1.165) is 0 Å². The van der Waals surface area contributed by atoms with Crippen molar-refractivity contribution in [2.75, 3.05) is 13.7 Å². The number of fused-ring (bicyclic) bond motifs is 1. The average Bonchev–Trinajstić information content (AvgIpc) is 2.99. The second-order valence-corrected chi connectivity index (χ2v) is 8.18. The first-order valence-electron chi connectivity index (χ1n) is 8.08. The summed E-state index contributed by atoms with van der Waals surface area (Å²) < 4.78 is 33.6. The second kappa shape index (κ2) is 6.71. The van der Waals surface area contributed by atoms with Crippen LogP contribution in [0.15, 0.2) is 53.4 Å². The highest BCUT2D eigenvalue weighted by Gasteiger charge is 2.38. The number of rotatable bonds is 6. The van der Waals surface area contributed by atoms with E-state index in [2.05, 4.69) is 4.72 Å². The summed E-state index contributed by atoms with van der Waals surface area (Å²) in [6.07, 6.45) is 1.32. The van der Waals surface area contributed by atoms with Gasteiger partial charge in [0.15, 0.2) is 5.78 Å². The molecule has 0 spiro atoms. The van der Waals surface area contributed by atoms with E-state index in [1.165, 1.54) is 30.2 Å². The maximum atomic E-state index is 12.6. The summed E-state index contributed by atoms with van der Waals surface area (Å²) in [6.45, 7) is 1.58. The van der Waals surface area contributed by atoms with E-state index in [-0.39, 0.29) is 17.2 Å². The van der Waals surface area contributed by atoms with Gasteiger partial charge in [-0.25, -0.2) is 13.1 Å². The van der Waals surface area contributed by atoms with Gasteiger partial charge in [-0.15, -0.1) is 0 Å². The molecule has 132 valence electrons. The van der Waals surface area contributed by atoms with Crippen LogP contribution in [-0.2, 0) is 27.6 Å². The summed E-state index contributed by atoms with van der Waals surface area (Å²) in [7, 11) is -2.11. The Kier molecular flexibility index (Phi) is 4.77. The smallest absolute Gasteiger partial charge is 0.240 e. The third-order valence-electron chi connectivity index (χ3n) is 4.71. The minimum Gasteiger partial charge on any atom is -0.376 e. The molecule has 0 saturated heterocycles. The normalized spacial score (nSPS) is 15.8. The Hall–Kier alpha value is -2.02. The van der Waals surface area contributed by atoms with Crippen LogP contribution in [0.3, 0.4) is 0 Å². The number of carbonyl (C=O) groups is 1. The van der Waals surface area contributed by atoms with E-state index >= 15 is 0 Å². The summed E-state index contributed by atoms with van der Waals surface area (Å²) in [4.78, 5) is 11.6. The highest BCUT2D eigenvalue weighted by molar-refractivity contribution is 7.89. The minimum absolute atomic E-state index is 0.0852. The minimum atomic E-state index is -3.72. The molecule has 0 radical (unpaired) electrons. The van der Waals surface area contributed by atoms with Gasteiger partial charge in [0.2, 0.25) is 10.0 Å². The number of hydrogen-bond acceptors (Lipinski definition) is 4. The fraction of sp³-hybridized carbons (Fsp3) is 0.316. The van der Waals surface area contributed by atoms with Gasteiger partial charge in [0.25, 0.3) is 0 Å². The Balaban J connectivity index is 1.78. The predicted molar refractivity (Wildman–Crippen MR) is 95.2 cm³/mol. The Morgan fingerprint density at radius 1 is 1.12 bits per heavy atom. The standard InChI is InChI=1S/C19H21NO4S/c1-14(21)15-8-5-9-18(10-15)25(22,23)20-13-19(24-2)11-16-6-3-4-7-17(16)12-19/h3-10,20H,11-13H2,1-2H3. The zero-order valence-corrected chi connectivity index (χ0v) is 15.1. The first-order chi connectivity index (χ1) is 11.9. The third-order valence-corrected chi connectivity index (χ3v) is 6.11. The van der Waals surface area contributed by atoms with Crippen LogP contribution in [0, 0.1) is 0 Å². The Morgan fingerprint density at radius 3 is 2.32 bits per heavy atom. The van der Waals surface area contributed by atoms with Crippen molar-refractivity contribution in [1.29, 1.82) is 0 Å². The molecule has 0 aliphatic heterocycles. The number of benzene rings is 2. The van der Waals surface area contributed by atoms with E-state index in [0.29, 0.717) is 18.4 Å². The first-order valence-corrected chi connectivity index (χ1v) is 9.56. The van der Waals surface area contributed by atoms with Gasteiger partial charge in [0.05, 0.1) is 10.5 Å². The fourth-order valence-corrected chi connectivity index (χ4v) is 4.35. The van der Waals surface area contributed by atoms with Crippen LogP contribution in [0.25, 0.3) is 0 Å². The number of methoxy groups -OCH3 is 1. The molecule has 0 bridgehead atoms. The van der Waals surface area contributed by atoms with Crippen molar-refractivity contribution >= 4 is 15.8 Å². The van der Waals surface area contributed by atoms with Gasteiger partial charge in [-0.1, -0.05) is 36.4 Å². The number of ether oxygens (including phenoxy) is 1. The van der Waals surface area contributed by atoms with Crippen LogP contribution in [-0.4, -0.2) is 33.5 Å². The zero-order valence-electron chi connectivity index (χ0n) is 14.3. The van der Waals surface area contributed by atoms with Gasteiger partial charge in [-0.05, 0) is 30.2 Å². The third kappa shape index (κ3) is 3.66. The second-order valence-electron chi connectivity index (χ2n) is 6.42. The quantitative estimate of drug-likeness (QED) is 0.804. The van der Waals surface area contributed by atoms with E-state index in [4.69, 9.17) is 4.74 Å². The molecule has 0 atom stereocenters. The van der Waals surface area contributed by atoms with Crippen LogP contribution in [0.2, 0.25) is 0 Å². The maximum Gasteiger partial charge on any atom is 0.240 e. The van der Waals surface area contributed by atoms with E-state index in [1.54, 1.807) is 19.2 Å². The molecule has 0 amide bonds. The number of nitrogens with one attached hydrogen (secondary N) is 1. The molecule has 2 aromatic rings. The molecular formula is C19H21NO4S. The zero-order chi connectivity index (χ0) is 18.1.